The average molecular weight is 251 g/mol. The molecule has 1 aliphatic heterocycles. The lowest BCUT2D eigenvalue weighted by Crippen LogP contribution is -2.43. The van der Waals surface area contributed by atoms with E-state index in [1.165, 1.54) is 0 Å². The quantitative estimate of drug-likeness (QED) is 0.768. The first-order valence-corrected chi connectivity index (χ1v) is 4.83. The second-order valence-electron chi connectivity index (χ2n) is 3.11. The van der Waals surface area contributed by atoms with Crippen LogP contribution in [0.1, 0.15) is 0 Å². The molecule has 0 aliphatic carbocycles. The van der Waals surface area contributed by atoms with Gasteiger partial charge in [0.05, 0.1) is 0 Å². The third-order valence-electron chi connectivity index (χ3n) is 2.18. The molecule has 0 amide bonds. The normalized spacial score (nSPS) is 15.9. The van der Waals surface area contributed by atoms with Gasteiger partial charge in [0.2, 0.25) is 0 Å². The largest absolute Gasteiger partial charge is 0.491 e. The van der Waals surface area contributed by atoms with Gasteiger partial charge in [0.25, 0.3) is 5.88 Å². The number of aromatic nitrogens is 2. The Morgan fingerprint density at radius 3 is 2.67 bits per heavy atom. The summed E-state index contributed by atoms with van der Waals surface area (Å²) in [6.45, 7) is 3.49. The standard InChI is InChI=1S/C8H11ClN4O.ClH/c9-7-5-6(8(14)12-11-7)13-3-1-10-2-4-13;/h5,10H,1-4H2,(H,12,14);1H. The molecule has 1 aliphatic rings. The van der Waals surface area contributed by atoms with Crippen molar-refractivity contribution in [1.82, 2.24) is 15.5 Å². The third-order valence-corrected chi connectivity index (χ3v) is 2.37. The number of rotatable bonds is 1. The summed E-state index contributed by atoms with van der Waals surface area (Å²) in [7, 11) is 0. The summed E-state index contributed by atoms with van der Waals surface area (Å²) in [6.07, 6.45) is 0. The van der Waals surface area contributed by atoms with Crippen LogP contribution in [0.25, 0.3) is 0 Å². The van der Waals surface area contributed by atoms with E-state index in [9.17, 15) is 5.11 Å². The predicted octanol–water partition coefficient (Wildman–Crippen LogP) is 0.667. The molecular weight excluding hydrogens is 239 g/mol. The number of aromatic hydroxyl groups is 1. The lowest BCUT2D eigenvalue weighted by atomic mass is 10.3. The Bertz CT molecular complexity index is 330. The zero-order valence-corrected chi connectivity index (χ0v) is 9.55. The molecule has 1 aromatic rings. The molecule has 7 heteroatoms. The van der Waals surface area contributed by atoms with E-state index in [0.717, 1.165) is 26.2 Å². The first kappa shape index (κ1) is 12.3. The maximum Gasteiger partial charge on any atom is 0.254 e. The topological polar surface area (TPSA) is 61.3 Å². The van der Waals surface area contributed by atoms with Crippen LogP contribution in [0.4, 0.5) is 5.69 Å². The van der Waals surface area contributed by atoms with E-state index in [1.807, 2.05) is 4.90 Å². The lowest BCUT2D eigenvalue weighted by Gasteiger charge is -2.29. The van der Waals surface area contributed by atoms with Gasteiger partial charge in [0, 0.05) is 32.2 Å². The Labute approximate surface area is 98.9 Å². The summed E-state index contributed by atoms with van der Waals surface area (Å²) in [5.41, 5.74) is 0.659. The molecule has 1 saturated heterocycles. The van der Waals surface area contributed by atoms with Gasteiger partial charge in [-0.05, 0) is 0 Å². The van der Waals surface area contributed by atoms with Gasteiger partial charge in [-0.1, -0.05) is 11.6 Å². The second-order valence-corrected chi connectivity index (χ2v) is 3.50. The Balaban J connectivity index is 0.00000112. The molecule has 0 saturated carbocycles. The number of nitrogens with one attached hydrogen (secondary N) is 1. The fraction of sp³-hybridized carbons (Fsp3) is 0.500. The molecular formula is C8H12Cl2N4O. The van der Waals surface area contributed by atoms with Crippen molar-refractivity contribution in [2.24, 2.45) is 0 Å². The number of nitrogens with zero attached hydrogens (tertiary/aromatic N) is 3. The summed E-state index contributed by atoms with van der Waals surface area (Å²) in [4.78, 5) is 2.03. The highest BCUT2D eigenvalue weighted by atomic mass is 35.5. The highest BCUT2D eigenvalue weighted by Gasteiger charge is 2.15. The number of hydrogen-bond donors (Lipinski definition) is 2. The second kappa shape index (κ2) is 5.34. The molecule has 2 rings (SSSR count). The molecule has 0 atom stereocenters. The monoisotopic (exact) mass is 250 g/mol. The highest BCUT2D eigenvalue weighted by Crippen LogP contribution is 2.26. The van der Waals surface area contributed by atoms with Crippen molar-refractivity contribution in [3.05, 3.63) is 11.2 Å². The van der Waals surface area contributed by atoms with Crippen LogP contribution >= 0.6 is 24.0 Å². The van der Waals surface area contributed by atoms with E-state index < -0.39 is 0 Å². The SMILES string of the molecule is Cl.Oc1nnc(Cl)cc1N1CCNCC1. The lowest BCUT2D eigenvalue weighted by molar-refractivity contribution is 0.441. The van der Waals surface area contributed by atoms with Crippen molar-refractivity contribution in [2.75, 3.05) is 31.1 Å². The number of halogens is 2. The predicted molar refractivity (Wildman–Crippen MR) is 61.0 cm³/mol. The van der Waals surface area contributed by atoms with Gasteiger partial charge in [0.15, 0.2) is 5.15 Å². The fourth-order valence-electron chi connectivity index (χ4n) is 1.49. The van der Waals surface area contributed by atoms with Crippen LogP contribution in [0.5, 0.6) is 5.88 Å². The average Bonchev–Trinajstić information content (AvgIpc) is 2.23. The minimum absolute atomic E-state index is 0. The first-order chi connectivity index (χ1) is 6.77. The molecule has 15 heavy (non-hydrogen) atoms. The molecule has 2 heterocycles. The van der Waals surface area contributed by atoms with E-state index >= 15 is 0 Å². The van der Waals surface area contributed by atoms with Gasteiger partial charge in [-0.2, -0.15) is 0 Å². The Morgan fingerprint density at radius 1 is 1.33 bits per heavy atom. The molecule has 2 N–H and O–H groups in total. The molecule has 0 spiro atoms. The van der Waals surface area contributed by atoms with E-state index in [1.54, 1.807) is 6.07 Å². The van der Waals surface area contributed by atoms with Crippen molar-refractivity contribution in [3.63, 3.8) is 0 Å². The van der Waals surface area contributed by atoms with Crippen molar-refractivity contribution in [3.8, 4) is 5.88 Å². The summed E-state index contributed by atoms with van der Waals surface area (Å²) < 4.78 is 0. The fourth-order valence-corrected chi connectivity index (χ4v) is 1.63. The molecule has 1 fully saturated rings. The Hall–Kier alpha value is -0.780. The van der Waals surface area contributed by atoms with Crippen LogP contribution in [0.3, 0.4) is 0 Å². The van der Waals surface area contributed by atoms with Crippen molar-refractivity contribution in [1.29, 1.82) is 0 Å². The molecule has 1 aromatic heterocycles. The van der Waals surface area contributed by atoms with Crippen molar-refractivity contribution < 1.29 is 5.11 Å². The summed E-state index contributed by atoms with van der Waals surface area (Å²) in [6, 6.07) is 1.63. The van der Waals surface area contributed by atoms with Crippen LogP contribution < -0.4 is 10.2 Å². The van der Waals surface area contributed by atoms with Gasteiger partial charge in [-0.15, -0.1) is 22.6 Å². The molecule has 0 radical (unpaired) electrons. The molecule has 0 aromatic carbocycles. The van der Waals surface area contributed by atoms with E-state index in [0.29, 0.717) is 10.8 Å². The van der Waals surface area contributed by atoms with E-state index in [-0.39, 0.29) is 18.3 Å². The maximum atomic E-state index is 9.49. The van der Waals surface area contributed by atoms with E-state index in [4.69, 9.17) is 11.6 Å². The summed E-state index contributed by atoms with van der Waals surface area (Å²) in [5, 5.41) is 20.1. The van der Waals surface area contributed by atoms with Gasteiger partial charge in [0.1, 0.15) is 5.69 Å². The minimum Gasteiger partial charge on any atom is -0.491 e. The summed E-state index contributed by atoms with van der Waals surface area (Å²) in [5.74, 6) is -0.0590. The van der Waals surface area contributed by atoms with Crippen molar-refractivity contribution >= 4 is 29.7 Å². The Morgan fingerprint density at radius 2 is 2.00 bits per heavy atom. The van der Waals surface area contributed by atoms with Gasteiger partial charge >= 0.3 is 0 Å². The zero-order chi connectivity index (χ0) is 9.97. The number of hydrogen-bond acceptors (Lipinski definition) is 5. The maximum absolute atomic E-state index is 9.49. The molecule has 5 nitrogen and oxygen atoms in total. The third kappa shape index (κ3) is 2.84. The van der Waals surface area contributed by atoms with Crippen LogP contribution in [-0.4, -0.2) is 41.5 Å². The zero-order valence-electron chi connectivity index (χ0n) is 7.98. The molecule has 84 valence electrons. The first-order valence-electron chi connectivity index (χ1n) is 4.45. The van der Waals surface area contributed by atoms with Crippen molar-refractivity contribution in [2.45, 2.75) is 0 Å². The van der Waals surface area contributed by atoms with Crippen LogP contribution in [0, 0.1) is 0 Å². The highest BCUT2D eigenvalue weighted by molar-refractivity contribution is 6.29. The smallest absolute Gasteiger partial charge is 0.254 e. The number of anilines is 1. The van der Waals surface area contributed by atoms with Crippen LogP contribution in [-0.2, 0) is 0 Å². The van der Waals surface area contributed by atoms with E-state index in [2.05, 4.69) is 15.5 Å². The van der Waals surface area contributed by atoms with Crippen LogP contribution in [0.2, 0.25) is 5.15 Å². The summed E-state index contributed by atoms with van der Waals surface area (Å²) >= 11 is 5.71. The van der Waals surface area contributed by atoms with Gasteiger partial charge in [-0.3, -0.25) is 0 Å². The Kier molecular flexibility index (Phi) is 4.38. The van der Waals surface area contributed by atoms with Gasteiger partial charge < -0.3 is 15.3 Å². The molecule has 0 unspecified atom stereocenters. The van der Waals surface area contributed by atoms with Crippen LogP contribution in [0.15, 0.2) is 6.07 Å². The van der Waals surface area contributed by atoms with Gasteiger partial charge in [-0.25, -0.2) is 0 Å². The molecule has 0 bridgehead atoms. The minimum atomic E-state index is -0.0590. The number of piperazine rings is 1.